The molecule has 9 heterocycles. The Balaban J connectivity index is 0.000000111. The van der Waals surface area contributed by atoms with Crippen LogP contribution in [0.3, 0.4) is 0 Å². The number of thiophene rings is 3. The van der Waals surface area contributed by atoms with Gasteiger partial charge in [0.25, 0.3) is 0 Å². The van der Waals surface area contributed by atoms with Crippen molar-refractivity contribution in [1.29, 1.82) is 0 Å². The van der Waals surface area contributed by atoms with Crippen LogP contribution >= 0.6 is 34.0 Å². The van der Waals surface area contributed by atoms with Crippen LogP contribution in [-0.2, 0) is 0 Å². The second kappa shape index (κ2) is 39.0. The van der Waals surface area contributed by atoms with E-state index in [1.54, 1.807) is 34.0 Å². The van der Waals surface area contributed by atoms with Crippen LogP contribution in [0.15, 0.2) is 522 Å². The Labute approximate surface area is 876 Å². The minimum atomic E-state index is 0.702. The lowest BCUT2D eigenvalue weighted by Gasteiger charge is -2.12. The van der Waals surface area contributed by atoms with Crippen molar-refractivity contribution in [1.82, 2.24) is 58.6 Å². The summed E-state index contributed by atoms with van der Waals surface area (Å²) >= 11 is 5.39. The SMILES string of the molecule is c1ccc(-c2cc(-c3ccccc3)nc(-c3cccc4sc5c(-c6nc7ccccc7n6-c6ccccc6)cccc5c34)n2)cc1.c1ccc(-c2ccc(-c3cc(-c4ccccc4)nc(-c4cccc5sc6c(-c7nc8ccccc8n7-c7ccccc7)cccc6c45)n3)cc2)cc1.c1ccc(-c2cccc(-c3cc(-c4ccccc4)nc(-c4cccc5sc6c(-c7nc8ccccc8n7-c7ccccc7)cccc6c45)n3)c2)cc1. The maximum absolute atomic E-state index is 5.31. The first-order valence-electron chi connectivity index (χ1n) is 50.0. The maximum Gasteiger partial charge on any atom is 0.161 e. The summed E-state index contributed by atoms with van der Waals surface area (Å²) in [6.07, 6.45) is 0. The minimum Gasteiger partial charge on any atom is -0.292 e. The zero-order chi connectivity index (χ0) is 99.3. The van der Waals surface area contributed by atoms with Crippen LogP contribution in [0.2, 0.25) is 0 Å². The summed E-state index contributed by atoms with van der Waals surface area (Å²) < 4.78 is 14.0. The van der Waals surface area contributed by atoms with Crippen LogP contribution in [0.25, 0.3) is 269 Å². The van der Waals surface area contributed by atoms with Crippen molar-refractivity contribution in [3.05, 3.63) is 522 Å². The number of imidazole rings is 3. The minimum absolute atomic E-state index is 0.702. The van der Waals surface area contributed by atoms with Crippen LogP contribution in [0.4, 0.5) is 0 Å². The molecule has 0 amide bonds. The molecule has 0 unspecified atom stereocenters. The highest BCUT2D eigenvalue weighted by molar-refractivity contribution is 7.27. The molecule has 9 aromatic heterocycles. The predicted molar refractivity (Wildman–Crippen MR) is 625 cm³/mol. The lowest BCUT2D eigenvalue weighted by atomic mass is 10.00. The van der Waals surface area contributed by atoms with E-state index >= 15 is 0 Å². The molecular formula is C135H86N12S3. The molecule has 0 aliphatic carbocycles. The van der Waals surface area contributed by atoms with E-state index in [1.807, 2.05) is 42.5 Å². The zero-order valence-electron chi connectivity index (χ0n) is 80.7. The third-order valence-corrected chi connectivity index (χ3v) is 31.4. The van der Waals surface area contributed by atoms with Crippen LogP contribution in [-0.4, -0.2) is 58.6 Å². The highest BCUT2D eigenvalue weighted by atomic mass is 32.1. The van der Waals surface area contributed by atoms with E-state index in [4.69, 9.17) is 44.9 Å². The summed E-state index contributed by atoms with van der Waals surface area (Å²) in [5, 5.41) is 6.98. The smallest absolute Gasteiger partial charge is 0.161 e. The fourth-order valence-corrected chi connectivity index (χ4v) is 24.5. The number of aromatic nitrogens is 12. The molecule has 0 bridgehead atoms. The predicted octanol–water partition coefficient (Wildman–Crippen LogP) is 35.9. The van der Waals surface area contributed by atoms with Crippen molar-refractivity contribution < 1.29 is 0 Å². The molecule has 0 radical (unpaired) electrons. The van der Waals surface area contributed by atoms with Gasteiger partial charge in [-0.05, 0) is 156 Å². The van der Waals surface area contributed by atoms with Gasteiger partial charge < -0.3 is 0 Å². The number of hydrogen-bond donors (Lipinski definition) is 0. The average Bonchev–Trinajstić information content (AvgIpc) is 1.59. The fraction of sp³-hybridized carbons (Fsp3) is 0. The Bertz CT molecular complexity index is 10100. The number of hydrogen-bond acceptors (Lipinski definition) is 12. The molecule has 12 nitrogen and oxygen atoms in total. The topological polar surface area (TPSA) is 131 Å². The molecule has 0 atom stereocenters. The van der Waals surface area contributed by atoms with E-state index in [0.717, 1.165) is 190 Å². The van der Waals surface area contributed by atoms with Gasteiger partial charge in [-0.1, -0.05) is 388 Å². The molecule has 0 saturated heterocycles. The summed E-state index contributed by atoms with van der Waals surface area (Å²) in [5.74, 6) is 4.90. The zero-order valence-corrected chi connectivity index (χ0v) is 83.2. The van der Waals surface area contributed by atoms with Crippen LogP contribution in [0.1, 0.15) is 0 Å². The van der Waals surface area contributed by atoms with Gasteiger partial charge in [0.2, 0.25) is 0 Å². The van der Waals surface area contributed by atoms with Gasteiger partial charge in [-0.15, -0.1) is 34.0 Å². The third kappa shape index (κ3) is 16.8. The first-order valence-corrected chi connectivity index (χ1v) is 52.5. The van der Waals surface area contributed by atoms with Crippen LogP contribution in [0, 0.1) is 0 Å². The average molecular weight is 1970 g/mol. The highest BCUT2D eigenvalue weighted by Crippen LogP contribution is 2.50. The Morgan fingerprint density at radius 3 is 0.687 bits per heavy atom. The lowest BCUT2D eigenvalue weighted by Crippen LogP contribution is -1.97. The highest BCUT2D eigenvalue weighted by Gasteiger charge is 2.28. The molecule has 0 spiro atoms. The van der Waals surface area contributed by atoms with Crippen molar-refractivity contribution in [2.45, 2.75) is 0 Å². The van der Waals surface area contributed by atoms with Crippen molar-refractivity contribution in [2.75, 3.05) is 0 Å². The van der Waals surface area contributed by atoms with E-state index < -0.39 is 0 Å². The molecule has 0 aliphatic rings. The first-order chi connectivity index (χ1) is 74.4. The van der Waals surface area contributed by atoms with E-state index in [9.17, 15) is 0 Å². The Morgan fingerprint density at radius 2 is 0.373 bits per heavy atom. The van der Waals surface area contributed by atoms with Crippen molar-refractivity contribution >= 4 is 128 Å². The third-order valence-electron chi connectivity index (χ3n) is 27.7. The number of benzene rings is 20. The van der Waals surface area contributed by atoms with Gasteiger partial charge in [0.15, 0.2) is 17.5 Å². The summed E-state index contributed by atoms with van der Waals surface area (Å²) in [7, 11) is 0. The second-order valence-electron chi connectivity index (χ2n) is 36.9. The van der Waals surface area contributed by atoms with Crippen molar-refractivity contribution in [3.8, 4) is 175 Å². The largest absolute Gasteiger partial charge is 0.292 e. The fourth-order valence-electron chi connectivity index (χ4n) is 20.7. The molecule has 20 aromatic carbocycles. The maximum atomic E-state index is 5.31. The quantitative estimate of drug-likeness (QED) is 0.0874. The van der Waals surface area contributed by atoms with Gasteiger partial charge in [-0.2, -0.15) is 0 Å². The lowest BCUT2D eigenvalue weighted by molar-refractivity contribution is 1.11. The number of para-hydroxylation sites is 9. The van der Waals surface area contributed by atoms with Crippen molar-refractivity contribution in [3.63, 3.8) is 0 Å². The molecule has 0 fully saturated rings. The number of fused-ring (bicyclic) bond motifs is 12. The van der Waals surface area contributed by atoms with Crippen LogP contribution in [0.5, 0.6) is 0 Å². The normalized spacial score (nSPS) is 11.5. The number of rotatable bonds is 17. The van der Waals surface area contributed by atoms with Gasteiger partial charge in [0.05, 0.1) is 67.3 Å². The van der Waals surface area contributed by atoms with Gasteiger partial charge in [0, 0.05) is 144 Å². The molecule has 150 heavy (non-hydrogen) atoms. The summed E-state index contributed by atoms with van der Waals surface area (Å²) in [6, 6.07) is 182. The molecule has 0 N–H and O–H groups in total. The summed E-state index contributed by atoms with van der Waals surface area (Å²) in [4.78, 5) is 47.1. The van der Waals surface area contributed by atoms with E-state index in [-0.39, 0.29) is 0 Å². The first kappa shape index (κ1) is 89.5. The van der Waals surface area contributed by atoms with Crippen molar-refractivity contribution in [2.24, 2.45) is 0 Å². The second-order valence-corrected chi connectivity index (χ2v) is 40.1. The Morgan fingerprint density at radius 1 is 0.153 bits per heavy atom. The summed E-state index contributed by atoms with van der Waals surface area (Å²) in [5.41, 5.74) is 32.1. The Hall–Kier alpha value is -19.3. The van der Waals surface area contributed by atoms with Gasteiger partial charge in [0.1, 0.15) is 17.5 Å². The van der Waals surface area contributed by atoms with Gasteiger partial charge in [-0.25, -0.2) is 44.9 Å². The van der Waals surface area contributed by atoms with E-state index in [2.05, 4.69) is 493 Å². The molecule has 0 aliphatic heterocycles. The molecule has 15 heteroatoms. The van der Waals surface area contributed by atoms with E-state index in [1.165, 1.54) is 61.0 Å². The standard InChI is InChI=1S/2C47H30N4S.C41H26N4S/c1-4-15-31(16-5-1)33-19-12-20-34(29-33)41-30-40(32-17-6-2-7-18-32)48-46(49-41)37-24-14-28-43-44(37)36-23-13-25-38(45(36)52-43)47-50-39-26-10-11-27-42(39)51(47)35-21-8-3-9-22-35;1-4-14-31(15-5-1)32-26-28-34(29-27-32)41-30-40(33-16-6-2-7-17-33)48-46(49-41)37-21-13-25-43-44(37)36-20-12-22-38(45(36)52-43)47-50-39-23-10-11-24-42(39)51(47)35-18-8-3-9-19-35;1-4-14-27(15-5-1)34-26-35(28-16-6-2-7-17-28)43-40(42-34)31-21-13-25-37-38(31)30-20-12-22-32(39(30)46-37)41-44-33-23-10-11-24-36(33)45(41)29-18-8-3-9-19-29/h2*1-30H;1-26H. The molecule has 0 saturated carbocycles. The number of nitrogens with zero attached hydrogens (tertiary/aromatic N) is 12. The monoisotopic (exact) mass is 1970 g/mol. The molecule has 29 rings (SSSR count). The van der Waals surface area contributed by atoms with Gasteiger partial charge in [-0.3, -0.25) is 13.7 Å². The van der Waals surface area contributed by atoms with E-state index in [0.29, 0.717) is 17.5 Å². The molecule has 704 valence electrons. The van der Waals surface area contributed by atoms with Crippen LogP contribution < -0.4 is 0 Å². The molecular weight excluding hydrogens is 1890 g/mol. The van der Waals surface area contributed by atoms with Gasteiger partial charge >= 0.3 is 0 Å². The summed E-state index contributed by atoms with van der Waals surface area (Å²) in [6.45, 7) is 0. The molecule has 29 aromatic rings. The Kier molecular flexibility index (Phi) is 23.3.